The Morgan fingerprint density at radius 3 is 2.42 bits per heavy atom. The number of carbonyl (C=O) groups excluding carboxylic acids is 4. The van der Waals surface area contributed by atoms with Crippen LogP contribution in [0.2, 0.25) is 5.02 Å². The van der Waals surface area contributed by atoms with Crippen molar-refractivity contribution in [3.05, 3.63) is 64.2 Å². The van der Waals surface area contributed by atoms with Gasteiger partial charge in [-0.3, -0.25) is 19.8 Å². The van der Waals surface area contributed by atoms with Gasteiger partial charge in [-0.1, -0.05) is 42.8 Å². The van der Waals surface area contributed by atoms with Crippen LogP contribution in [0, 0.1) is 13.8 Å². The summed E-state index contributed by atoms with van der Waals surface area (Å²) in [6.07, 6.45) is 0.282. The van der Waals surface area contributed by atoms with Crippen LogP contribution in [0.15, 0.2) is 42.5 Å². The third kappa shape index (κ3) is 4.39. The van der Waals surface area contributed by atoms with Crippen LogP contribution in [-0.4, -0.2) is 35.3 Å². The minimum atomic E-state index is -1.29. The topological polar surface area (TPSA) is 108 Å². The Hall–Kier alpha value is -3.39. The summed E-state index contributed by atoms with van der Waals surface area (Å²) in [7, 11) is 0. The van der Waals surface area contributed by atoms with Crippen LogP contribution in [0.5, 0.6) is 0 Å². The Morgan fingerprint density at radius 1 is 1.10 bits per heavy atom. The molecule has 0 bridgehead atoms. The van der Waals surface area contributed by atoms with Crippen molar-refractivity contribution in [3.63, 3.8) is 0 Å². The number of halogens is 1. The molecule has 3 rings (SSSR count). The number of benzene rings is 2. The first-order chi connectivity index (χ1) is 14.7. The molecule has 0 radical (unpaired) electrons. The van der Waals surface area contributed by atoms with Crippen molar-refractivity contribution < 1.29 is 19.2 Å². The lowest BCUT2D eigenvalue weighted by Gasteiger charge is -2.25. The average Bonchev–Trinajstić information content (AvgIpc) is 2.97. The molecule has 1 aliphatic heterocycles. The Balaban J connectivity index is 1.69. The second-order valence-electron chi connectivity index (χ2n) is 7.34. The molecule has 9 heteroatoms. The number of imide groups is 2. The molecule has 0 aromatic heterocycles. The van der Waals surface area contributed by atoms with E-state index >= 15 is 0 Å². The molecule has 3 N–H and O–H groups in total. The molecule has 2 aromatic carbocycles. The fourth-order valence-electron chi connectivity index (χ4n) is 3.49. The van der Waals surface area contributed by atoms with Crippen molar-refractivity contribution in [3.8, 4) is 0 Å². The number of carbonyl (C=O) groups is 4. The predicted molar refractivity (Wildman–Crippen MR) is 117 cm³/mol. The van der Waals surface area contributed by atoms with Gasteiger partial charge >= 0.3 is 12.1 Å². The van der Waals surface area contributed by atoms with Gasteiger partial charge in [-0.15, -0.1) is 0 Å². The molecule has 1 unspecified atom stereocenters. The van der Waals surface area contributed by atoms with E-state index in [9.17, 15) is 19.2 Å². The molecule has 1 heterocycles. The summed E-state index contributed by atoms with van der Waals surface area (Å²) in [5.74, 6) is -1.35. The van der Waals surface area contributed by atoms with E-state index in [1.807, 2.05) is 19.9 Å². The SMILES string of the molecule is CCC1(c2ccc(Cl)cc2)NC(=O)N(CC(=O)NC(=O)Nc2cccc(C)c2C)C1=O. The fraction of sp³-hybridized carbons (Fsp3) is 0.273. The third-order valence-electron chi connectivity index (χ3n) is 5.45. The van der Waals surface area contributed by atoms with Gasteiger partial charge in [-0.05, 0) is 55.2 Å². The Labute approximate surface area is 184 Å². The summed E-state index contributed by atoms with van der Waals surface area (Å²) in [6.45, 7) is 4.93. The molecule has 1 saturated heterocycles. The van der Waals surface area contributed by atoms with Crippen molar-refractivity contribution in [2.75, 3.05) is 11.9 Å². The minimum absolute atomic E-state index is 0.282. The number of hydrogen-bond acceptors (Lipinski definition) is 4. The van der Waals surface area contributed by atoms with Crippen LogP contribution in [0.1, 0.15) is 30.0 Å². The Bertz CT molecular complexity index is 1050. The number of urea groups is 2. The van der Waals surface area contributed by atoms with Crippen molar-refractivity contribution in [2.45, 2.75) is 32.7 Å². The molecule has 31 heavy (non-hydrogen) atoms. The highest BCUT2D eigenvalue weighted by Gasteiger charge is 2.51. The fourth-order valence-corrected chi connectivity index (χ4v) is 3.62. The first kappa shape index (κ1) is 22.3. The highest BCUT2D eigenvalue weighted by Crippen LogP contribution is 2.33. The maximum atomic E-state index is 13.1. The molecule has 6 amide bonds. The van der Waals surface area contributed by atoms with E-state index in [-0.39, 0.29) is 6.42 Å². The summed E-state index contributed by atoms with van der Waals surface area (Å²) >= 11 is 5.92. The molecule has 1 fully saturated rings. The number of aryl methyl sites for hydroxylation is 1. The molecule has 1 atom stereocenters. The van der Waals surface area contributed by atoms with Crippen LogP contribution >= 0.6 is 11.6 Å². The monoisotopic (exact) mass is 442 g/mol. The quantitative estimate of drug-likeness (QED) is 0.616. The largest absolute Gasteiger partial charge is 0.325 e. The number of hydrogen-bond donors (Lipinski definition) is 3. The summed E-state index contributed by atoms with van der Waals surface area (Å²) in [5.41, 5.74) is 1.70. The van der Waals surface area contributed by atoms with Crippen LogP contribution in [0.4, 0.5) is 15.3 Å². The molecule has 0 saturated carbocycles. The molecule has 162 valence electrons. The number of anilines is 1. The number of nitrogens with one attached hydrogen (secondary N) is 3. The van der Waals surface area contributed by atoms with E-state index in [2.05, 4.69) is 16.0 Å². The smallest absolute Gasteiger partial charge is 0.319 e. The zero-order chi connectivity index (χ0) is 22.8. The van der Waals surface area contributed by atoms with E-state index in [0.29, 0.717) is 16.3 Å². The van der Waals surface area contributed by atoms with E-state index < -0.39 is 36.0 Å². The lowest BCUT2D eigenvalue weighted by molar-refractivity contribution is -0.135. The highest BCUT2D eigenvalue weighted by atomic mass is 35.5. The second kappa shape index (κ2) is 8.77. The van der Waals surface area contributed by atoms with Gasteiger partial charge < -0.3 is 10.6 Å². The van der Waals surface area contributed by atoms with E-state index in [1.165, 1.54) is 0 Å². The minimum Gasteiger partial charge on any atom is -0.319 e. The summed E-state index contributed by atoms with van der Waals surface area (Å²) < 4.78 is 0. The van der Waals surface area contributed by atoms with Crippen LogP contribution in [0.25, 0.3) is 0 Å². The zero-order valence-corrected chi connectivity index (χ0v) is 18.2. The van der Waals surface area contributed by atoms with Crippen molar-refractivity contribution >= 4 is 41.2 Å². The van der Waals surface area contributed by atoms with Crippen molar-refractivity contribution in [1.82, 2.24) is 15.5 Å². The number of nitrogens with zero attached hydrogens (tertiary/aromatic N) is 1. The maximum Gasteiger partial charge on any atom is 0.325 e. The van der Waals surface area contributed by atoms with Crippen LogP contribution < -0.4 is 16.0 Å². The molecule has 2 aromatic rings. The average molecular weight is 443 g/mol. The van der Waals surface area contributed by atoms with Gasteiger partial charge in [0.25, 0.3) is 5.91 Å². The van der Waals surface area contributed by atoms with Gasteiger partial charge in [0.1, 0.15) is 12.1 Å². The summed E-state index contributed by atoms with van der Waals surface area (Å²) in [5, 5.41) is 7.93. The molecule has 1 aliphatic rings. The van der Waals surface area contributed by atoms with Gasteiger partial charge in [-0.2, -0.15) is 0 Å². The Morgan fingerprint density at radius 2 is 1.77 bits per heavy atom. The molecule has 0 spiro atoms. The van der Waals surface area contributed by atoms with Crippen molar-refractivity contribution in [1.29, 1.82) is 0 Å². The molecular formula is C22H23ClN4O4. The Kier molecular flexibility index (Phi) is 6.31. The first-order valence-corrected chi connectivity index (χ1v) is 10.1. The molecule has 8 nitrogen and oxygen atoms in total. The molecular weight excluding hydrogens is 420 g/mol. The standard InChI is InChI=1S/C22H23ClN4O4/c1-4-22(15-8-10-16(23)11-9-15)19(29)27(21(31)26-22)12-18(28)25-20(30)24-17-7-5-6-13(2)14(17)3/h5-11H,4,12H2,1-3H3,(H,26,31)(H2,24,25,28,30). The predicted octanol–water partition coefficient (Wildman–Crippen LogP) is 3.46. The number of rotatable bonds is 5. The maximum absolute atomic E-state index is 13.1. The second-order valence-corrected chi connectivity index (χ2v) is 7.77. The van der Waals surface area contributed by atoms with E-state index in [0.717, 1.165) is 16.0 Å². The lowest BCUT2D eigenvalue weighted by Crippen LogP contribution is -2.46. The van der Waals surface area contributed by atoms with Crippen molar-refractivity contribution in [2.24, 2.45) is 0 Å². The van der Waals surface area contributed by atoms with Crippen LogP contribution in [-0.2, 0) is 15.1 Å². The normalized spacial score (nSPS) is 18.0. The van der Waals surface area contributed by atoms with Gasteiger partial charge in [-0.25, -0.2) is 9.59 Å². The first-order valence-electron chi connectivity index (χ1n) is 9.75. The van der Waals surface area contributed by atoms with E-state index in [4.69, 9.17) is 11.6 Å². The van der Waals surface area contributed by atoms with Gasteiger partial charge in [0.15, 0.2) is 0 Å². The number of amides is 6. The zero-order valence-electron chi connectivity index (χ0n) is 17.4. The van der Waals surface area contributed by atoms with Gasteiger partial charge in [0, 0.05) is 10.7 Å². The highest BCUT2D eigenvalue weighted by molar-refractivity contribution is 6.30. The lowest BCUT2D eigenvalue weighted by atomic mass is 9.87. The van der Waals surface area contributed by atoms with Gasteiger partial charge in [0.05, 0.1) is 0 Å². The summed E-state index contributed by atoms with van der Waals surface area (Å²) in [6, 6.07) is 10.5. The third-order valence-corrected chi connectivity index (χ3v) is 5.70. The van der Waals surface area contributed by atoms with Gasteiger partial charge in [0.2, 0.25) is 5.91 Å². The molecule has 0 aliphatic carbocycles. The van der Waals surface area contributed by atoms with E-state index in [1.54, 1.807) is 43.3 Å². The van der Waals surface area contributed by atoms with Crippen LogP contribution in [0.3, 0.4) is 0 Å². The summed E-state index contributed by atoms with van der Waals surface area (Å²) in [4.78, 5) is 50.9.